The first-order valence-corrected chi connectivity index (χ1v) is 6.92. The molecule has 0 radical (unpaired) electrons. The second-order valence-corrected chi connectivity index (χ2v) is 5.44. The highest BCUT2D eigenvalue weighted by atomic mass is 32.1. The molecular formula is C12H17FN2O3S2. The molecule has 1 aliphatic rings. The Kier molecular flexibility index (Phi) is 5.03. The van der Waals surface area contributed by atoms with Gasteiger partial charge in [0, 0.05) is 33.0 Å². The molecule has 2 unspecified atom stereocenters. The van der Waals surface area contributed by atoms with Crippen LogP contribution in [0.1, 0.15) is 11.7 Å². The van der Waals surface area contributed by atoms with Gasteiger partial charge in [0.2, 0.25) is 0 Å². The van der Waals surface area contributed by atoms with Crippen molar-refractivity contribution < 1.29 is 18.6 Å². The first-order chi connectivity index (χ1) is 9.49. The average molecular weight is 320 g/mol. The number of halogens is 1. The van der Waals surface area contributed by atoms with Crippen molar-refractivity contribution in [3.63, 3.8) is 0 Å². The Labute approximate surface area is 126 Å². The molecule has 0 saturated carbocycles. The number of rotatable bonds is 4. The van der Waals surface area contributed by atoms with Gasteiger partial charge in [-0.05, 0) is 12.2 Å². The van der Waals surface area contributed by atoms with Gasteiger partial charge in [0.05, 0.1) is 6.61 Å². The van der Waals surface area contributed by atoms with Gasteiger partial charge in [0.25, 0.3) is 0 Å². The van der Waals surface area contributed by atoms with Crippen LogP contribution in [0.3, 0.4) is 0 Å². The fraction of sp³-hybridized carbons (Fsp3) is 0.667. The van der Waals surface area contributed by atoms with E-state index in [1.165, 1.54) is 14.2 Å². The molecule has 20 heavy (non-hydrogen) atoms. The molecule has 112 valence electrons. The van der Waals surface area contributed by atoms with E-state index in [1.54, 1.807) is 17.8 Å². The number of aryl methyl sites for hydroxylation is 1. The molecule has 1 saturated heterocycles. The maximum Gasteiger partial charge on any atom is 0.177 e. The third-order valence-corrected chi connectivity index (χ3v) is 4.06. The van der Waals surface area contributed by atoms with E-state index in [0.29, 0.717) is 15.0 Å². The minimum atomic E-state index is -1.31. The van der Waals surface area contributed by atoms with Gasteiger partial charge < -0.3 is 23.8 Å². The molecule has 2 rings (SSSR count). The van der Waals surface area contributed by atoms with E-state index in [2.05, 4.69) is 4.98 Å². The van der Waals surface area contributed by atoms with Crippen molar-refractivity contribution in [2.24, 2.45) is 7.05 Å². The molecule has 5 nitrogen and oxygen atoms in total. The molecule has 0 bridgehead atoms. The lowest BCUT2D eigenvalue weighted by Crippen LogP contribution is -2.33. The Balaban J connectivity index is 2.36. The van der Waals surface area contributed by atoms with Crippen LogP contribution in [0.15, 0.2) is 6.20 Å². The molecule has 4 atom stereocenters. The van der Waals surface area contributed by atoms with Crippen molar-refractivity contribution in [3.05, 3.63) is 21.2 Å². The summed E-state index contributed by atoms with van der Waals surface area (Å²) in [5.74, 6) is 0. The molecule has 1 N–H and O–H groups in total. The van der Waals surface area contributed by atoms with Crippen LogP contribution in [0.2, 0.25) is 0 Å². The van der Waals surface area contributed by atoms with Crippen molar-refractivity contribution in [1.29, 1.82) is 0 Å². The van der Waals surface area contributed by atoms with Crippen molar-refractivity contribution in [2.45, 2.75) is 24.5 Å². The molecule has 1 fully saturated rings. The van der Waals surface area contributed by atoms with Gasteiger partial charge in [0.1, 0.15) is 23.0 Å². The highest BCUT2D eigenvalue weighted by molar-refractivity contribution is 7.72. The van der Waals surface area contributed by atoms with E-state index >= 15 is 0 Å². The Morgan fingerprint density at radius 3 is 2.75 bits per heavy atom. The number of hydrogen-bond donors (Lipinski definition) is 1. The van der Waals surface area contributed by atoms with Gasteiger partial charge in [-0.15, -0.1) is 0 Å². The van der Waals surface area contributed by atoms with Crippen LogP contribution in [0.5, 0.6) is 0 Å². The number of nitrogens with one attached hydrogen (secondary N) is 1. The van der Waals surface area contributed by atoms with Crippen molar-refractivity contribution in [3.8, 4) is 0 Å². The third-order valence-electron chi connectivity index (χ3n) is 3.34. The molecule has 0 aromatic carbocycles. The quantitative estimate of drug-likeness (QED) is 0.862. The van der Waals surface area contributed by atoms with E-state index in [0.717, 1.165) is 0 Å². The number of H-pyrrole nitrogens is 1. The minimum absolute atomic E-state index is 0.261. The summed E-state index contributed by atoms with van der Waals surface area (Å²) in [7, 11) is 4.76. The lowest BCUT2D eigenvalue weighted by molar-refractivity contribution is -0.0451. The molecular weight excluding hydrogens is 303 g/mol. The van der Waals surface area contributed by atoms with Crippen LogP contribution in [0.4, 0.5) is 4.39 Å². The van der Waals surface area contributed by atoms with E-state index in [9.17, 15) is 4.39 Å². The largest absolute Gasteiger partial charge is 0.382 e. The summed E-state index contributed by atoms with van der Waals surface area (Å²) in [6, 6.07) is 0. The number of methoxy groups -OCH3 is 2. The van der Waals surface area contributed by atoms with E-state index in [4.69, 9.17) is 38.6 Å². The lowest BCUT2D eigenvalue weighted by atomic mass is 10.1. The summed E-state index contributed by atoms with van der Waals surface area (Å²) in [5.41, 5.74) is 0.559. The van der Waals surface area contributed by atoms with Gasteiger partial charge in [-0.2, -0.15) is 0 Å². The Bertz CT molecular complexity index is 589. The van der Waals surface area contributed by atoms with Gasteiger partial charge in [0.15, 0.2) is 10.9 Å². The molecule has 0 spiro atoms. The molecule has 8 heteroatoms. The smallest absolute Gasteiger partial charge is 0.177 e. The van der Waals surface area contributed by atoms with Crippen LogP contribution in [-0.2, 0) is 21.3 Å². The second-order valence-electron chi connectivity index (χ2n) is 4.65. The van der Waals surface area contributed by atoms with Crippen molar-refractivity contribution in [1.82, 2.24) is 9.55 Å². The fourth-order valence-electron chi connectivity index (χ4n) is 2.33. The van der Waals surface area contributed by atoms with E-state index in [1.807, 2.05) is 0 Å². The number of hydrogen-bond acceptors (Lipinski definition) is 5. The van der Waals surface area contributed by atoms with Crippen LogP contribution in [-0.4, -0.2) is 48.8 Å². The predicted molar refractivity (Wildman–Crippen MR) is 76.6 cm³/mol. The number of nitrogens with zero attached hydrogens (tertiary/aromatic N) is 1. The normalized spacial score (nSPS) is 29.8. The summed E-state index contributed by atoms with van der Waals surface area (Å²) in [5, 5.41) is 0. The molecule has 1 aromatic rings. The summed E-state index contributed by atoms with van der Waals surface area (Å²) >= 11 is 10.3. The highest BCUT2D eigenvalue weighted by Crippen LogP contribution is 2.37. The standard InChI is InChI=1S/C12H17FN2O3S2/c1-15-4-6(11(19)14-12(15)20)9-8(13)10(17-3)7(18-9)5-16-2/h4,7-10H,5H2,1-3H3,(H,14,19,20)/t7-,8?,9+,10?/m1/s1. The maximum absolute atomic E-state index is 14.5. The highest BCUT2D eigenvalue weighted by Gasteiger charge is 2.46. The predicted octanol–water partition coefficient (Wildman–Crippen LogP) is 2.25. The Morgan fingerprint density at radius 2 is 2.15 bits per heavy atom. The monoisotopic (exact) mass is 320 g/mol. The van der Waals surface area contributed by atoms with E-state index < -0.39 is 24.5 Å². The number of alkyl halides is 1. The van der Waals surface area contributed by atoms with Gasteiger partial charge in [-0.1, -0.05) is 12.2 Å². The van der Waals surface area contributed by atoms with Gasteiger partial charge in [-0.3, -0.25) is 0 Å². The summed E-state index contributed by atoms with van der Waals surface area (Å²) in [6.45, 7) is 0.261. The number of aromatic amines is 1. The summed E-state index contributed by atoms with van der Waals surface area (Å²) < 4.78 is 33.0. The zero-order valence-electron chi connectivity index (χ0n) is 11.5. The first kappa shape index (κ1) is 15.7. The van der Waals surface area contributed by atoms with E-state index in [-0.39, 0.29) is 6.61 Å². The summed E-state index contributed by atoms with van der Waals surface area (Å²) in [6.07, 6.45) is -1.55. The maximum atomic E-state index is 14.5. The number of aromatic nitrogens is 2. The molecule has 0 amide bonds. The van der Waals surface area contributed by atoms with Crippen LogP contribution >= 0.6 is 24.4 Å². The zero-order valence-corrected chi connectivity index (χ0v) is 13.1. The molecule has 1 aliphatic heterocycles. The van der Waals surface area contributed by atoms with Crippen molar-refractivity contribution >= 4 is 24.4 Å². The van der Waals surface area contributed by atoms with Gasteiger partial charge >= 0.3 is 0 Å². The lowest BCUT2D eigenvalue weighted by Gasteiger charge is -2.16. The van der Waals surface area contributed by atoms with Crippen LogP contribution in [0, 0.1) is 9.41 Å². The molecule has 0 aliphatic carbocycles. The Hall–Kier alpha value is -0.670. The first-order valence-electron chi connectivity index (χ1n) is 6.10. The molecule has 1 aromatic heterocycles. The van der Waals surface area contributed by atoms with Crippen molar-refractivity contribution in [2.75, 3.05) is 20.8 Å². The fourth-order valence-corrected chi connectivity index (χ4v) is 2.81. The second kappa shape index (κ2) is 6.40. The zero-order chi connectivity index (χ0) is 14.9. The molecule has 2 heterocycles. The minimum Gasteiger partial charge on any atom is -0.382 e. The number of ether oxygens (including phenoxy) is 3. The summed E-state index contributed by atoms with van der Waals surface area (Å²) in [4.78, 5) is 2.86. The van der Waals surface area contributed by atoms with Crippen LogP contribution < -0.4 is 0 Å². The van der Waals surface area contributed by atoms with Gasteiger partial charge in [-0.25, -0.2) is 4.39 Å². The average Bonchev–Trinajstić information content (AvgIpc) is 2.71. The SMILES string of the molecule is COC[C@H]1O[C@@H](c2cn(C)c(=S)[nH]c2=S)C(F)C1OC. The van der Waals surface area contributed by atoms with Crippen LogP contribution in [0.25, 0.3) is 0 Å². The Morgan fingerprint density at radius 1 is 1.45 bits per heavy atom. The topological polar surface area (TPSA) is 48.4 Å². The third kappa shape index (κ3) is 2.84.